The van der Waals surface area contributed by atoms with Gasteiger partial charge in [0.05, 0.1) is 5.29 Å². The Morgan fingerprint density at radius 3 is 2.42 bits per heavy atom. The minimum atomic E-state index is 0.195. The van der Waals surface area contributed by atoms with Gasteiger partial charge in [-0.2, -0.15) is 0 Å². The highest BCUT2D eigenvalue weighted by atomic mass is 16.3. The molecule has 0 radical (unpaired) electrons. The maximum absolute atomic E-state index is 10.2. The zero-order valence-corrected chi connectivity index (χ0v) is 7.70. The lowest BCUT2D eigenvalue weighted by atomic mass is 10.3. The van der Waals surface area contributed by atoms with Crippen LogP contribution < -0.4 is 0 Å². The molecule has 0 saturated heterocycles. The minimum absolute atomic E-state index is 0.195. The van der Waals surface area contributed by atoms with Crippen molar-refractivity contribution in [3.8, 4) is 0 Å². The van der Waals surface area contributed by atoms with Crippen LogP contribution in [0.3, 0.4) is 0 Å². The molecule has 0 saturated carbocycles. The van der Waals surface area contributed by atoms with Gasteiger partial charge in [-0.25, -0.2) is 0 Å². The Kier molecular flexibility index (Phi) is 8.01. The Hall–Kier alpha value is -0.640. The molecule has 0 aromatic heterocycles. The second-order valence-corrected chi connectivity index (χ2v) is 2.82. The number of unbranched alkanes of at least 4 members (excludes halogenated alkanes) is 2. The fraction of sp³-hybridized carbons (Fsp3) is 1.00. The van der Waals surface area contributed by atoms with Gasteiger partial charge in [0.15, 0.2) is 0 Å². The molecular formula is C8H18N2O2. The van der Waals surface area contributed by atoms with Crippen LogP contribution in [0.15, 0.2) is 5.29 Å². The Morgan fingerprint density at radius 1 is 1.25 bits per heavy atom. The van der Waals surface area contributed by atoms with Crippen molar-refractivity contribution in [2.75, 3.05) is 19.7 Å². The number of nitroso groups, excluding NO2 is 1. The molecule has 0 amide bonds. The van der Waals surface area contributed by atoms with Gasteiger partial charge in [0.1, 0.15) is 0 Å². The second kappa shape index (κ2) is 8.46. The summed E-state index contributed by atoms with van der Waals surface area (Å²) in [5.74, 6) is 0. The van der Waals surface area contributed by atoms with Crippen molar-refractivity contribution in [1.82, 2.24) is 5.01 Å². The third kappa shape index (κ3) is 6.09. The molecular weight excluding hydrogens is 156 g/mol. The molecule has 0 aromatic rings. The van der Waals surface area contributed by atoms with E-state index in [4.69, 9.17) is 5.11 Å². The SMILES string of the molecule is CCCCN(CCCCO)N=O. The van der Waals surface area contributed by atoms with Gasteiger partial charge in [-0.15, -0.1) is 4.91 Å². The van der Waals surface area contributed by atoms with Crippen LogP contribution >= 0.6 is 0 Å². The van der Waals surface area contributed by atoms with Crippen molar-refractivity contribution in [2.45, 2.75) is 32.6 Å². The number of nitrogens with zero attached hydrogens (tertiary/aromatic N) is 2. The normalized spacial score (nSPS) is 9.83. The molecule has 1 N–H and O–H groups in total. The van der Waals surface area contributed by atoms with E-state index in [0.29, 0.717) is 6.54 Å². The first-order valence-electron chi connectivity index (χ1n) is 4.54. The quantitative estimate of drug-likeness (QED) is 0.345. The average Bonchev–Trinajstić information content (AvgIpc) is 2.11. The fourth-order valence-corrected chi connectivity index (χ4v) is 0.940. The van der Waals surface area contributed by atoms with Crippen LogP contribution in [0.1, 0.15) is 32.6 Å². The highest BCUT2D eigenvalue weighted by molar-refractivity contribution is 4.51. The first-order chi connectivity index (χ1) is 5.85. The van der Waals surface area contributed by atoms with Gasteiger partial charge in [-0.1, -0.05) is 13.3 Å². The van der Waals surface area contributed by atoms with E-state index in [2.05, 4.69) is 12.2 Å². The lowest BCUT2D eigenvalue weighted by Crippen LogP contribution is -2.19. The smallest absolute Gasteiger partial charge is 0.0523 e. The monoisotopic (exact) mass is 174 g/mol. The molecule has 0 aliphatic heterocycles. The van der Waals surface area contributed by atoms with Crippen LogP contribution in [0, 0.1) is 4.91 Å². The molecule has 4 heteroatoms. The lowest BCUT2D eigenvalue weighted by molar-refractivity contribution is 0.243. The van der Waals surface area contributed by atoms with Crippen molar-refractivity contribution in [3.05, 3.63) is 4.91 Å². The summed E-state index contributed by atoms with van der Waals surface area (Å²) in [6, 6.07) is 0. The predicted octanol–water partition coefficient (Wildman–Crippen LogP) is 1.54. The minimum Gasteiger partial charge on any atom is -0.396 e. The largest absolute Gasteiger partial charge is 0.396 e. The van der Waals surface area contributed by atoms with Gasteiger partial charge in [-0.3, -0.25) is 5.01 Å². The number of aliphatic hydroxyl groups excluding tert-OH is 1. The summed E-state index contributed by atoms with van der Waals surface area (Å²) in [5, 5.41) is 12.9. The summed E-state index contributed by atoms with van der Waals surface area (Å²) in [6.45, 7) is 3.69. The molecule has 12 heavy (non-hydrogen) atoms. The van der Waals surface area contributed by atoms with E-state index in [9.17, 15) is 4.91 Å². The van der Waals surface area contributed by atoms with E-state index in [1.54, 1.807) is 0 Å². The fourth-order valence-electron chi connectivity index (χ4n) is 0.940. The molecule has 0 rings (SSSR count). The van der Waals surface area contributed by atoms with Gasteiger partial charge in [0.25, 0.3) is 0 Å². The Labute approximate surface area is 73.5 Å². The van der Waals surface area contributed by atoms with Crippen LogP contribution in [0.5, 0.6) is 0 Å². The molecule has 0 aliphatic carbocycles. The third-order valence-electron chi connectivity index (χ3n) is 1.71. The van der Waals surface area contributed by atoms with Crippen LogP contribution in [-0.4, -0.2) is 29.8 Å². The summed E-state index contributed by atoms with van der Waals surface area (Å²) in [4.78, 5) is 10.2. The van der Waals surface area contributed by atoms with E-state index in [1.807, 2.05) is 0 Å². The number of hydrogen-bond acceptors (Lipinski definition) is 3. The third-order valence-corrected chi connectivity index (χ3v) is 1.71. The Morgan fingerprint density at radius 2 is 1.92 bits per heavy atom. The van der Waals surface area contributed by atoms with Crippen molar-refractivity contribution in [2.24, 2.45) is 5.29 Å². The topological polar surface area (TPSA) is 52.9 Å². The van der Waals surface area contributed by atoms with Gasteiger partial charge in [-0.05, 0) is 19.3 Å². The summed E-state index contributed by atoms with van der Waals surface area (Å²) in [6.07, 6.45) is 3.67. The number of rotatable bonds is 8. The van der Waals surface area contributed by atoms with Gasteiger partial charge < -0.3 is 5.11 Å². The predicted molar refractivity (Wildman–Crippen MR) is 48.6 cm³/mol. The lowest BCUT2D eigenvalue weighted by Gasteiger charge is -2.13. The highest BCUT2D eigenvalue weighted by Crippen LogP contribution is 1.98. The van der Waals surface area contributed by atoms with Crippen molar-refractivity contribution in [3.63, 3.8) is 0 Å². The summed E-state index contributed by atoms with van der Waals surface area (Å²) in [5.41, 5.74) is 0. The first kappa shape index (κ1) is 11.4. The molecule has 0 fully saturated rings. The van der Waals surface area contributed by atoms with E-state index in [-0.39, 0.29) is 6.61 Å². The van der Waals surface area contributed by atoms with Crippen molar-refractivity contribution >= 4 is 0 Å². The number of hydrogen-bond donors (Lipinski definition) is 1. The van der Waals surface area contributed by atoms with Crippen LogP contribution in [0.25, 0.3) is 0 Å². The molecule has 4 nitrogen and oxygen atoms in total. The molecule has 0 bridgehead atoms. The molecule has 0 aromatic carbocycles. The van der Waals surface area contributed by atoms with Crippen LogP contribution in [0.2, 0.25) is 0 Å². The molecule has 72 valence electrons. The van der Waals surface area contributed by atoms with Crippen molar-refractivity contribution < 1.29 is 5.11 Å². The molecule has 0 unspecified atom stereocenters. The molecule has 0 aliphatic rings. The van der Waals surface area contributed by atoms with Crippen LogP contribution in [-0.2, 0) is 0 Å². The van der Waals surface area contributed by atoms with Gasteiger partial charge in [0, 0.05) is 19.7 Å². The zero-order chi connectivity index (χ0) is 9.23. The Bertz CT molecular complexity index is 109. The summed E-state index contributed by atoms with van der Waals surface area (Å²) < 4.78 is 0. The molecule has 0 spiro atoms. The number of aliphatic hydroxyl groups is 1. The van der Waals surface area contributed by atoms with E-state index in [1.165, 1.54) is 5.01 Å². The summed E-state index contributed by atoms with van der Waals surface area (Å²) in [7, 11) is 0. The van der Waals surface area contributed by atoms with Crippen molar-refractivity contribution in [1.29, 1.82) is 0 Å². The zero-order valence-electron chi connectivity index (χ0n) is 7.70. The van der Waals surface area contributed by atoms with E-state index < -0.39 is 0 Å². The standard InChI is InChI=1S/C8H18N2O2/c1-2-3-6-10(9-12)7-4-5-8-11/h11H,2-8H2,1H3. The molecule has 0 heterocycles. The van der Waals surface area contributed by atoms with Crippen LogP contribution in [0.4, 0.5) is 0 Å². The maximum Gasteiger partial charge on any atom is 0.0523 e. The van der Waals surface area contributed by atoms with Gasteiger partial charge >= 0.3 is 0 Å². The highest BCUT2D eigenvalue weighted by Gasteiger charge is 2.00. The second-order valence-electron chi connectivity index (χ2n) is 2.82. The maximum atomic E-state index is 10.2. The van der Waals surface area contributed by atoms with Gasteiger partial charge in [0.2, 0.25) is 0 Å². The van der Waals surface area contributed by atoms with E-state index in [0.717, 1.165) is 32.2 Å². The average molecular weight is 174 g/mol. The summed E-state index contributed by atoms with van der Waals surface area (Å²) >= 11 is 0. The Balaban J connectivity index is 3.32. The first-order valence-corrected chi connectivity index (χ1v) is 4.54. The van der Waals surface area contributed by atoms with E-state index >= 15 is 0 Å². The molecule has 0 atom stereocenters.